The lowest BCUT2D eigenvalue weighted by molar-refractivity contribution is 0.284. The molecule has 7 rings (SSSR count). The van der Waals surface area contributed by atoms with Crippen molar-refractivity contribution in [2.45, 2.75) is 117 Å². The van der Waals surface area contributed by atoms with E-state index in [4.69, 9.17) is 23.7 Å². The third-order valence-electron chi connectivity index (χ3n) is 11.9. The van der Waals surface area contributed by atoms with Crippen molar-refractivity contribution in [2.24, 2.45) is 0 Å². The van der Waals surface area contributed by atoms with E-state index in [0.717, 1.165) is 52.6 Å². The van der Waals surface area contributed by atoms with Crippen LogP contribution in [0.1, 0.15) is 106 Å². The summed E-state index contributed by atoms with van der Waals surface area (Å²) in [5, 5.41) is 0.452. The normalized spacial score (nSPS) is 11.1. The number of hydrogen-bond donors (Lipinski definition) is 0. The van der Waals surface area contributed by atoms with Crippen molar-refractivity contribution in [1.29, 1.82) is 0 Å². The first-order valence-corrected chi connectivity index (χ1v) is 23.7. The number of nitrogens with zero attached hydrogens (tertiary/aromatic N) is 1. The zero-order valence-electron chi connectivity index (χ0n) is 38.4. The number of pyridine rings is 1. The second-order valence-electron chi connectivity index (χ2n) is 16.8. The standard InChI is InChI=1S/C58H65NO6/c1-3-4-5-6-7-8-9-10-11-12-13-26-37-59-51-39-50(62-41-45-27-18-14-19-28-45)40-54(64-43-47-31-22-16-23-32-47)55(51)57(60)58(65-44-48-33-24-17-25-34-48)56(59)49-35-36-52(53(38-49)61-2)63-42-46-29-20-15-21-30-46/h14-25,27-36,38-40H,3-13,26,37,41-44H2,1-2H3. The Kier molecular flexibility index (Phi) is 18.0. The molecule has 0 spiro atoms. The molecular weight excluding hydrogens is 807 g/mol. The van der Waals surface area contributed by atoms with Crippen LogP contribution in [0.15, 0.2) is 156 Å². The van der Waals surface area contributed by atoms with Crippen molar-refractivity contribution in [3.63, 3.8) is 0 Å². The zero-order chi connectivity index (χ0) is 44.9. The fourth-order valence-corrected chi connectivity index (χ4v) is 8.32. The molecule has 0 atom stereocenters. The summed E-state index contributed by atoms with van der Waals surface area (Å²) >= 11 is 0. The number of benzene rings is 6. The van der Waals surface area contributed by atoms with Crippen molar-refractivity contribution in [3.8, 4) is 40.0 Å². The fourth-order valence-electron chi connectivity index (χ4n) is 8.32. The summed E-state index contributed by atoms with van der Waals surface area (Å²) in [6, 6.07) is 49.9. The second kappa shape index (κ2) is 25.1. The van der Waals surface area contributed by atoms with E-state index in [1.807, 2.05) is 152 Å². The molecule has 6 aromatic carbocycles. The zero-order valence-corrected chi connectivity index (χ0v) is 38.4. The summed E-state index contributed by atoms with van der Waals surface area (Å²) in [5.41, 5.74) is 5.96. The lowest BCUT2D eigenvalue weighted by Gasteiger charge is -2.24. The smallest absolute Gasteiger partial charge is 0.235 e. The molecule has 0 fully saturated rings. The summed E-state index contributed by atoms with van der Waals surface area (Å²) in [7, 11) is 1.65. The minimum absolute atomic E-state index is 0.209. The lowest BCUT2D eigenvalue weighted by Crippen LogP contribution is -2.18. The molecule has 0 aliphatic carbocycles. The highest BCUT2D eigenvalue weighted by Crippen LogP contribution is 2.41. The van der Waals surface area contributed by atoms with Crippen LogP contribution in [0.5, 0.6) is 28.7 Å². The molecule has 0 N–H and O–H groups in total. The maximum Gasteiger partial charge on any atom is 0.235 e. The number of fused-ring (bicyclic) bond motifs is 1. The van der Waals surface area contributed by atoms with E-state index < -0.39 is 0 Å². The van der Waals surface area contributed by atoms with E-state index >= 15 is 4.79 Å². The predicted molar refractivity (Wildman–Crippen MR) is 264 cm³/mol. The summed E-state index contributed by atoms with van der Waals surface area (Å²) in [5.74, 6) is 2.47. The number of hydrogen-bond acceptors (Lipinski definition) is 6. The number of ether oxygens (including phenoxy) is 5. The Labute approximate surface area is 385 Å². The Morgan fingerprint density at radius 3 is 1.42 bits per heavy atom. The average Bonchev–Trinajstić information content (AvgIpc) is 3.36. The van der Waals surface area contributed by atoms with Gasteiger partial charge in [0.25, 0.3) is 0 Å². The third kappa shape index (κ3) is 13.5. The largest absolute Gasteiger partial charge is 0.493 e. The monoisotopic (exact) mass is 871 g/mol. The first-order valence-electron chi connectivity index (χ1n) is 23.7. The van der Waals surface area contributed by atoms with Gasteiger partial charge in [0.05, 0.1) is 23.7 Å². The van der Waals surface area contributed by atoms with Crippen LogP contribution < -0.4 is 29.1 Å². The Hall–Kier alpha value is -6.47. The van der Waals surface area contributed by atoms with Crippen molar-refractivity contribution in [1.82, 2.24) is 4.57 Å². The van der Waals surface area contributed by atoms with Gasteiger partial charge in [-0.2, -0.15) is 0 Å². The molecule has 0 amide bonds. The van der Waals surface area contributed by atoms with Gasteiger partial charge >= 0.3 is 0 Å². The molecule has 7 heteroatoms. The van der Waals surface area contributed by atoms with Gasteiger partial charge in [0.2, 0.25) is 5.43 Å². The van der Waals surface area contributed by atoms with Crippen LogP contribution in [0.25, 0.3) is 22.2 Å². The molecule has 0 saturated carbocycles. The quantitative estimate of drug-likeness (QED) is 0.0480. The van der Waals surface area contributed by atoms with Gasteiger partial charge in [0, 0.05) is 24.2 Å². The van der Waals surface area contributed by atoms with Crippen LogP contribution in [0, 0.1) is 0 Å². The molecule has 65 heavy (non-hydrogen) atoms. The van der Waals surface area contributed by atoms with Crippen LogP contribution in [0.3, 0.4) is 0 Å². The van der Waals surface area contributed by atoms with Gasteiger partial charge in [-0.3, -0.25) is 4.79 Å². The molecule has 1 aromatic heterocycles. The number of rotatable bonds is 27. The van der Waals surface area contributed by atoms with Gasteiger partial charge in [-0.05, 0) is 46.9 Å². The first kappa shape index (κ1) is 46.5. The Morgan fingerprint density at radius 1 is 0.446 bits per heavy atom. The van der Waals surface area contributed by atoms with E-state index in [9.17, 15) is 0 Å². The Morgan fingerprint density at radius 2 is 0.908 bits per heavy atom. The van der Waals surface area contributed by atoms with Crippen LogP contribution in [0.4, 0.5) is 0 Å². The molecule has 0 unspecified atom stereocenters. The maximum atomic E-state index is 15.4. The highest BCUT2D eigenvalue weighted by Gasteiger charge is 2.25. The Bertz CT molecular complexity index is 2540. The molecule has 0 aliphatic rings. The van der Waals surface area contributed by atoms with E-state index in [1.165, 1.54) is 57.8 Å². The molecule has 7 aromatic rings. The van der Waals surface area contributed by atoms with Crippen LogP contribution >= 0.6 is 0 Å². The van der Waals surface area contributed by atoms with Crippen LogP contribution in [-0.4, -0.2) is 11.7 Å². The van der Waals surface area contributed by atoms with Crippen molar-refractivity contribution in [3.05, 3.63) is 184 Å². The molecule has 0 bridgehead atoms. The molecule has 0 aliphatic heterocycles. The van der Waals surface area contributed by atoms with Gasteiger partial charge in [0.1, 0.15) is 37.9 Å². The van der Waals surface area contributed by atoms with E-state index in [0.29, 0.717) is 53.8 Å². The second-order valence-corrected chi connectivity index (χ2v) is 16.8. The van der Waals surface area contributed by atoms with Gasteiger partial charge < -0.3 is 28.3 Å². The van der Waals surface area contributed by atoms with Gasteiger partial charge in [-0.15, -0.1) is 0 Å². The number of unbranched alkanes of at least 4 members (excludes halogenated alkanes) is 11. The van der Waals surface area contributed by atoms with E-state index in [-0.39, 0.29) is 24.4 Å². The number of aryl methyl sites for hydroxylation is 1. The molecule has 338 valence electrons. The molecular formula is C58H65NO6. The minimum Gasteiger partial charge on any atom is -0.493 e. The molecule has 0 saturated heterocycles. The summed E-state index contributed by atoms with van der Waals surface area (Å²) < 4.78 is 34.5. The maximum absolute atomic E-state index is 15.4. The lowest BCUT2D eigenvalue weighted by atomic mass is 10.0. The van der Waals surface area contributed by atoms with Gasteiger partial charge in [-0.1, -0.05) is 199 Å². The predicted octanol–water partition coefficient (Wildman–Crippen LogP) is 14.7. The van der Waals surface area contributed by atoms with Crippen molar-refractivity contribution in [2.75, 3.05) is 7.11 Å². The number of aromatic nitrogens is 1. The SMILES string of the molecule is CCCCCCCCCCCCCCn1c(-c2ccc(OCc3ccccc3)c(OC)c2)c(OCc2ccccc2)c(=O)c2c(OCc3ccccc3)cc(OCc3ccccc3)cc21. The van der Waals surface area contributed by atoms with E-state index in [2.05, 4.69) is 11.5 Å². The fraction of sp³-hybridized carbons (Fsp3) is 0.328. The Balaban J connectivity index is 1.30. The number of methoxy groups -OCH3 is 1. The summed E-state index contributed by atoms with van der Waals surface area (Å²) in [6.45, 7) is 4.15. The third-order valence-corrected chi connectivity index (χ3v) is 11.9. The molecule has 0 radical (unpaired) electrons. The summed E-state index contributed by atoms with van der Waals surface area (Å²) in [4.78, 5) is 15.4. The summed E-state index contributed by atoms with van der Waals surface area (Å²) in [6.07, 6.45) is 14.9. The first-order chi connectivity index (χ1) is 32.1. The van der Waals surface area contributed by atoms with Crippen LogP contribution in [0.2, 0.25) is 0 Å². The molecule has 1 heterocycles. The molecule has 7 nitrogen and oxygen atoms in total. The van der Waals surface area contributed by atoms with E-state index in [1.54, 1.807) is 7.11 Å². The van der Waals surface area contributed by atoms with Crippen molar-refractivity contribution < 1.29 is 23.7 Å². The van der Waals surface area contributed by atoms with Gasteiger partial charge in [0.15, 0.2) is 17.2 Å². The topological polar surface area (TPSA) is 68.2 Å². The average molecular weight is 872 g/mol. The van der Waals surface area contributed by atoms with Crippen molar-refractivity contribution >= 4 is 10.9 Å². The van der Waals surface area contributed by atoms with Crippen LogP contribution in [-0.2, 0) is 33.0 Å². The highest BCUT2D eigenvalue weighted by molar-refractivity contribution is 5.92. The van der Waals surface area contributed by atoms with Gasteiger partial charge in [-0.25, -0.2) is 0 Å². The minimum atomic E-state index is -0.252. The highest BCUT2D eigenvalue weighted by atomic mass is 16.5.